The van der Waals surface area contributed by atoms with E-state index in [1.165, 1.54) is 0 Å². The maximum atomic E-state index is 11.7. The number of hydrogen-bond donors (Lipinski definition) is 1. The lowest BCUT2D eigenvalue weighted by Crippen LogP contribution is -2.52. The summed E-state index contributed by atoms with van der Waals surface area (Å²) in [6.45, 7) is 10.2. The van der Waals surface area contributed by atoms with E-state index in [2.05, 4.69) is 27.2 Å². The zero-order chi connectivity index (χ0) is 18.2. The smallest absolute Gasteiger partial charge is 0.222 e. The highest BCUT2D eigenvalue weighted by atomic mass is 16.5. The van der Waals surface area contributed by atoms with Crippen LogP contribution in [0.4, 0.5) is 0 Å². The highest BCUT2D eigenvalue weighted by Gasteiger charge is 2.21. The molecule has 2 saturated heterocycles. The summed E-state index contributed by atoms with van der Waals surface area (Å²) in [5.74, 6) is 1.28. The van der Waals surface area contributed by atoms with E-state index in [0.29, 0.717) is 12.3 Å². The second kappa shape index (κ2) is 9.56. The number of amides is 1. The Morgan fingerprint density at radius 2 is 2.15 bits per heavy atom. The van der Waals surface area contributed by atoms with Crippen molar-refractivity contribution >= 4 is 11.9 Å². The van der Waals surface area contributed by atoms with E-state index in [9.17, 15) is 4.79 Å². The van der Waals surface area contributed by atoms with E-state index in [-0.39, 0.29) is 0 Å². The summed E-state index contributed by atoms with van der Waals surface area (Å²) < 4.78 is 4.91. The number of hydrogen-bond acceptors (Lipinski definition) is 5. The van der Waals surface area contributed by atoms with Crippen LogP contribution >= 0.6 is 0 Å². The quantitative estimate of drug-likeness (QED) is 0.439. The van der Waals surface area contributed by atoms with E-state index >= 15 is 0 Å². The van der Waals surface area contributed by atoms with Crippen LogP contribution in [-0.2, 0) is 11.3 Å². The number of aromatic nitrogens is 1. The van der Waals surface area contributed by atoms with Crippen molar-refractivity contribution in [3.05, 3.63) is 18.0 Å². The predicted octanol–water partition coefficient (Wildman–Crippen LogP) is 0.770. The molecule has 2 fully saturated rings. The highest BCUT2D eigenvalue weighted by molar-refractivity contribution is 5.80. The summed E-state index contributed by atoms with van der Waals surface area (Å²) >= 11 is 0. The lowest BCUT2D eigenvalue weighted by Gasteiger charge is -2.36. The van der Waals surface area contributed by atoms with Gasteiger partial charge in [-0.2, -0.15) is 0 Å². The highest BCUT2D eigenvalue weighted by Crippen LogP contribution is 2.10. The number of guanidine groups is 1. The molecule has 0 aromatic carbocycles. The molecule has 2 aliphatic heterocycles. The van der Waals surface area contributed by atoms with E-state index in [1.54, 1.807) is 6.26 Å². The third-order valence-corrected chi connectivity index (χ3v) is 4.90. The second-order valence-corrected chi connectivity index (χ2v) is 6.83. The van der Waals surface area contributed by atoms with Crippen molar-refractivity contribution in [3.63, 3.8) is 0 Å². The van der Waals surface area contributed by atoms with E-state index in [1.807, 2.05) is 11.0 Å². The Bertz CT molecular complexity index is 581. The number of aliphatic imine (C=N–C) groups is 1. The van der Waals surface area contributed by atoms with Crippen molar-refractivity contribution < 1.29 is 9.32 Å². The minimum atomic E-state index is 0.295. The van der Waals surface area contributed by atoms with Crippen molar-refractivity contribution in [1.29, 1.82) is 0 Å². The minimum absolute atomic E-state index is 0.295. The molecule has 8 nitrogen and oxygen atoms in total. The van der Waals surface area contributed by atoms with Gasteiger partial charge in [0.25, 0.3) is 0 Å². The first-order valence-electron chi connectivity index (χ1n) is 9.69. The van der Waals surface area contributed by atoms with Crippen molar-refractivity contribution in [2.45, 2.75) is 32.7 Å². The fraction of sp³-hybridized carbons (Fsp3) is 0.722. The fourth-order valence-corrected chi connectivity index (χ4v) is 3.48. The summed E-state index contributed by atoms with van der Waals surface area (Å²) in [5, 5.41) is 7.39. The third-order valence-electron chi connectivity index (χ3n) is 4.90. The molecule has 1 amide bonds. The van der Waals surface area contributed by atoms with Gasteiger partial charge in [0.15, 0.2) is 5.96 Å². The molecule has 1 N–H and O–H groups in total. The maximum absolute atomic E-state index is 11.7. The predicted molar refractivity (Wildman–Crippen MR) is 99.8 cm³/mol. The third kappa shape index (κ3) is 5.20. The molecule has 3 heterocycles. The van der Waals surface area contributed by atoms with Crippen molar-refractivity contribution in [3.8, 4) is 0 Å². The molecule has 2 aliphatic rings. The standard InChI is InChI=1S/C18H30N6O2/c1-2-19-18(20-7-4-9-23-8-3-5-17(23)25)24-12-10-22(11-13-24)15-16-6-14-26-21-16/h6,14H,2-5,7-13,15H2,1H3,(H,19,20). The van der Waals surface area contributed by atoms with Gasteiger partial charge in [-0.15, -0.1) is 0 Å². The molecule has 1 aromatic heterocycles. The first-order chi connectivity index (χ1) is 12.8. The van der Waals surface area contributed by atoms with Crippen LogP contribution in [-0.4, -0.2) is 84.1 Å². The SMILES string of the molecule is CCNC(=NCCCN1CCCC1=O)N1CCN(Cc2ccon2)CC1. The van der Waals surface area contributed by atoms with Gasteiger partial charge in [0.2, 0.25) is 5.91 Å². The number of rotatable bonds is 7. The molecular weight excluding hydrogens is 332 g/mol. The zero-order valence-electron chi connectivity index (χ0n) is 15.7. The van der Waals surface area contributed by atoms with Crippen molar-refractivity contribution in [2.24, 2.45) is 4.99 Å². The molecule has 0 spiro atoms. The average Bonchev–Trinajstić information content (AvgIpc) is 3.30. The first kappa shape index (κ1) is 18.7. The van der Waals surface area contributed by atoms with E-state index in [0.717, 1.165) is 83.4 Å². The summed E-state index contributed by atoms with van der Waals surface area (Å²) in [4.78, 5) is 23.1. The number of carbonyl (C=O) groups is 1. The van der Waals surface area contributed by atoms with Gasteiger partial charge in [-0.05, 0) is 19.8 Å². The van der Waals surface area contributed by atoms with Crippen LogP contribution in [0, 0.1) is 0 Å². The second-order valence-electron chi connectivity index (χ2n) is 6.83. The molecule has 0 bridgehead atoms. The van der Waals surface area contributed by atoms with Gasteiger partial charge in [0.05, 0.1) is 5.69 Å². The topological polar surface area (TPSA) is 77.2 Å². The summed E-state index contributed by atoms with van der Waals surface area (Å²) in [7, 11) is 0. The lowest BCUT2D eigenvalue weighted by atomic mass is 10.3. The van der Waals surface area contributed by atoms with Crippen LogP contribution in [0.5, 0.6) is 0 Å². The lowest BCUT2D eigenvalue weighted by molar-refractivity contribution is -0.127. The molecule has 0 saturated carbocycles. The van der Waals surface area contributed by atoms with Gasteiger partial charge in [-0.3, -0.25) is 14.7 Å². The number of likely N-dealkylation sites (tertiary alicyclic amines) is 1. The van der Waals surface area contributed by atoms with Crippen LogP contribution in [0.1, 0.15) is 31.9 Å². The summed E-state index contributed by atoms with van der Waals surface area (Å²) in [6, 6.07) is 1.92. The molecule has 8 heteroatoms. The van der Waals surface area contributed by atoms with Crippen LogP contribution in [0.2, 0.25) is 0 Å². The van der Waals surface area contributed by atoms with E-state index < -0.39 is 0 Å². The van der Waals surface area contributed by atoms with Crippen molar-refractivity contribution in [1.82, 2.24) is 25.2 Å². The summed E-state index contributed by atoms with van der Waals surface area (Å²) in [5.41, 5.74) is 0.982. The van der Waals surface area contributed by atoms with E-state index in [4.69, 9.17) is 9.52 Å². The van der Waals surface area contributed by atoms with Gasteiger partial charge in [-0.25, -0.2) is 0 Å². The average molecular weight is 362 g/mol. The molecule has 0 unspecified atom stereocenters. The molecule has 144 valence electrons. The van der Waals surface area contributed by atoms with Gasteiger partial charge >= 0.3 is 0 Å². The Labute approximate surface area is 155 Å². The molecule has 1 aromatic rings. The van der Waals surface area contributed by atoms with Gasteiger partial charge in [-0.1, -0.05) is 5.16 Å². The summed E-state index contributed by atoms with van der Waals surface area (Å²) in [6.07, 6.45) is 4.26. The molecule has 3 rings (SSSR count). The Morgan fingerprint density at radius 3 is 2.81 bits per heavy atom. The molecule has 0 aliphatic carbocycles. The Balaban J connectivity index is 1.42. The van der Waals surface area contributed by atoms with Crippen LogP contribution in [0.25, 0.3) is 0 Å². The van der Waals surface area contributed by atoms with Crippen molar-refractivity contribution in [2.75, 3.05) is 52.4 Å². The van der Waals surface area contributed by atoms with Crippen LogP contribution in [0.15, 0.2) is 21.8 Å². The van der Waals surface area contributed by atoms with Gasteiger partial charge < -0.3 is 19.6 Å². The fourth-order valence-electron chi connectivity index (χ4n) is 3.48. The normalized spacial score (nSPS) is 19.4. The monoisotopic (exact) mass is 362 g/mol. The Kier molecular flexibility index (Phi) is 6.88. The molecular formula is C18H30N6O2. The molecule has 0 atom stereocenters. The largest absolute Gasteiger partial charge is 0.364 e. The molecule has 0 radical (unpaired) electrons. The van der Waals surface area contributed by atoms with Gasteiger partial charge in [0.1, 0.15) is 6.26 Å². The number of carbonyl (C=O) groups excluding carboxylic acids is 1. The maximum Gasteiger partial charge on any atom is 0.222 e. The van der Waals surface area contributed by atoms with Crippen LogP contribution in [0.3, 0.4) is 0 Å². The van der Waals surface area contributed by atoms with Gasteiger partial charge in [0, 0.05) is 71.4 Å². The zero-order valence-corrected chi connectivity index (χ0v) is 15.7. The minimum Gasteiger partial charge on any atom is -0.364 e. The number of piperazine rings is 1. The van der Waals surface area contributed by atoms with Crippen LogP contribution < -0.4 is 5.32 Å². The first-order valence-corrected chi connectivity index (χ1v) is 9.69. The Hall–Kier alpha value is -2.09. The number of nitrogens with zero attached hydrogens (tertiary/aromatic N) is 5. The Morgan fingerprint density at radius 1 is 1.31 bits per heavy atom. The number of nitrogens with one attached hydrogen (secondary N) is 1. The molecule has 26 heavy (non-hydrogen) atoms.